The van der Waals surface area contributed by atoms with E-state index in [9.17, 15) is 4.79 Å². The van der Waals surface area contributed by atoms with Gasteiger partial charge in [0.25, 0.3) is 0 Å². The molecular formula is C15H15N3O. The summed E-state index contributed by atoms with van der Waals surface area (Å²) in [6, 6.07) is 17.2. The van der Waals surface area contributed by atoms with E-state index in [0.717, 1.165) is 16.9 Å². The molecule has 0 fully saturated rings. The molecule has 4 nitrogen and oxygen atoms in total. The van der Waals surface area contributed by atoms with Crippen LogP contribution in [-0.2, 0) is 4.79 Å². The number of rotatable bonds is 4. The predicted molar refractivity (Wildman–Crippen MR) is 78.4 cm³/mol. The molecular weight excluding hydrogens is 238 g/mol. The Balaban J connectivity index is 1.94. The Morgan fingerprint density at radius 3 is 2.32 bits per heavy atom. The maximum atomic E-state index is 10.9. The molecule has 0 aliphatic heterocycles. The quantitative estimate of drug-likeness (QED) is 0.650. The number of nitrogens with zero attached hydrogens (tertiary/aromatic N) is 1. The number of amides is 1. The maximum absolute atomic E-state index is 10.9. The highest BCUT2D eigenvalue weighted by molar-refractivity contribution is 5.89. The number of benzene rings is 2. The van der Waals surface area contributed by atoms with Crippen LogP contribution in [0.15, 0.2) is 59.7 Å². The normalized spacial score (nSPS) is 10.4. The second kappa shape index (κ2) is 6.35. The Hall–Kier alpha value is -2.62. The van der Waals surface area contributed by atoms with Crippen LogP contribution in [0.1, 0.15) is 12.5 Å². The van der Waals surface area contributed by atoms with Gasteiger partial charge in [-0.2, -0.15) is 5.10 Å². The van der Waals surface area contributed by atoms with Gasteiger partial charge in [-0.3, -0.25) is 10.2 Å². The second-order valence-corrected chi connectivity index (χ2v) is 4.04. The molecule has 1 amide bonds. The number of carbonyl (C=O) groups excluding carboxylic acids is 1. The van der Waals surface area contributed by atoms with Gasteiger partial charge in [0.1, 0.15) is 0 Å². The van der Waals surface area contributed by atoms with Crippen LogP contribution in [-0.4, -0.2) is 12.1 Å². The first-order valence-corrected chi connectivity index (χ1v) is 5.96. The molecule has 2 aromatic carbocycles. The van der Waals surface area contributed by atoms with Crippen molar-refractivity contribution in [2.75, 3.05) is 10.7 Å². The molecule has 0 saturated carbocycles. The molecule has 2 rings (SSSR count). The lowest BCUT2D eigenvalue weighted by molar-refractivity contribution is -0.114. The van der Waals surface area contributed by atoms with Crippen molar-refractivity contribution < 1.29 is 4.79 Å². The minimum atomic E-state index is -0.0767. The van der Waals surface area contributed by atoms with E-state index in [4.69, 9.17) is 0 Å². The highest BCUT2D eigenvalue weighted by atomic mass is 16.1. The molecule has 0 aromatic heterocycles. The van der Waals surface area contributed by atoms with Gasteiger partial charge in [0.05, 0.1) is 11.9 Å². The molecule has 96 valence electrons. The summed E-state index contributed by atoms with van der Waals surface area (Å²) in [5.41, 5.74) is 5.61. The van der Waals surface area contributed by atoms with Gasteiger partial charge in [-0.05, 0) is 29.8 Å². The van der Waals surface area contributed by atoms with Crippen LogP contribution in [0.4, 0.5) is 11.4 Å². The molecule has 0 aliphatic rings. The number of hydrogen-bond acceptors (Lipinski definition) is 3. The summed E-state index contributed by atoms with van der Waals surface area (Å²) in [6.07, 6.45) is 1.73. The lowest BCUT2D eigenvalue weighted by Gasteiger charge is -2.02. The zero-order chi connectivity index (χ0) is 13.5. The van der Waals surface area contributed by atoms with Crippen molar-refractivity contribution in [3.05, 3.63) is 60.2 Å². The van der Waals surface area contributed by atoms with E-state index in [0.29, 0.717) is 0 Å². The third-order valence-corrected chi connectivity index (χ3v) is 2.41. The Morgan fingerprint density at radius 1 is 1.00 bits per heavy atom. The van der Waals surface area contributed by atoms with Crippen molar-refractivity contribution in [2.45, 2.75) is 6.92 Å². The van der Waals surface area contributed by atoms with Crippen molar-refractivity contribution in [1.29, 1.82) is 0 Å². The zero-order valence-corrected chi connectivity index (χ0v) is 10.6. The van der Waals surface area contributed by atoms with Gasteiger partial charge in [-0.15, -0.1) is 0 Å². The van der Waals surface area contributed by atoms with E-state index >= 15 is 0 Å². The zero-order valence-electron chi connectivity index (χ0n) is 10.6. The summed E-state index contributed by atoms with van der Waals surface area (Å²) >= 11 is 0. The number of nitrogens with one attached hydrogen (secondary N) is 2. The Labute approximate surface area is 112 Å². The highest BCUT2D eigenvalue weighted by Crippen LogP contribution is 2.08. The topological polar surface area (TPSA) is 53.5 Å². The summed E-state index contributed by atoms with van der Waals surface area (Å²) in [4.78, 5) is 10.9. The molecule has 0 bridgehead atoms. The van der Waals surface area contributed by atoms with Crippen LogP contribution in [0.25, 0.3) is 0 Å². The van der Waals surface area contributed by atoms with Crippen LogP contribution >= 0.6 is 0 Å². The number of para-hydroxylation sites is 1. The molecule has 19 heavy (non-hydrogen) atoms. The third-order valence-electron chi connectivity index (χ3n) is 2.41. The summed E-state index contributed by atoms with van der Waals surface area (Å²) in [5.74, 6) is -0.0767. The number of anilines is 2. The molecule has 4 heteroatoms. The van der Waals surface area contributed by atoms with Gasteiger partial charge in [0.15, 0.2) is 0 Å². The lowest BCUT2D eigenvalue weighted by atomic mass is 10.2. The lowest BCUT2D eigenvalue weighted by Crippen LogP contribution is -2.05. The minimum absolute atomic E-state index is 0.0767. The Bertz CT molecular complexity index is 562. The molecule has 0 atom stereocenters. The molecule has 0 unspecified atom stereocenters. The van der Waals surface area contributed by atoms with E-state index in [1.807, 2.05) is 54.6 Å². The first-order valence-electron chi connectivity index (χ1n) is 5.96. The first-order chi connectivity index (χ1) is 9.24. The number of hydrogen-bond donors (Lipinski definition) is 2. The van der Waals surface area contributed by atoms with E-state index < -0.39 is 0 Å². The van der Waals surface area contributed by atoms with Gasteiger partial charge in [0.2, 0.25) is 5.91 Å². The summed E-state index contributed by atoms with van der Waals surface area (Å²) in [7, 11) is 0. The standard InChI is InChI=1S/C15H15N3O/c1-12(19)17-14-9-7-13(8-10-14)11-16-18-15-5-3-2-4-6-15/h2-11,18H,1H3,(H,17,19)/b16-11+. The summed E-state index contributed by atoms with van der Waals surface area (Å²) < 4.78 is 0. The fraction of sp³-hybridized carbons (Fsp3) is 0.0667. The molecule has 2 N–H and O–H groups in total. The van der Waals surface area contributed by atoms with E-state index in [1.54, 1.807) is 6.21 Å². The molecule has 2 aromatic rings. The first kappa shape index (κ1) is 12.8. The SMILES string of the molecule is CC(=O)Nc1ccc(/C=N/Nc2ccccc2)cc1. The van der Waals surface area contributed by atoms with Crippen molar-refractivity contribution in [3.8, 4) is 0 Å². The smallest absolute Gasteiger partial charge is 0.221 e. The van der Waals surface area contributed by atoms with Crippen LogP contribution in [0.3, 0.4) is 0 Å². The van der Waals surface area contributed by atoms with Crippen molar-refractivity contribution in [3.63, 3.8) is 0 Å². The minimum Gasteiger partial charge on any atom is -0.326 e. The Kier molecular flexibility index (Phi) is 4.29. The van der Waals surface area contributed by atoms with Crippen LogP contribution in [0, 0.1) is 0 Å². The number of hydrazone groups is 1. The van der Waals surface area contributed by atoms with Gasteiger partial charge in [0, 0.05) is 12.6 Å². The summed E-state index contributed by atoms with van der Waals surface area (Å²) in [6.45, 7) is 1.49. The van der Waals surface area contributed by atoms with Crippen molar-refractivity contribution in [2.24, 2.45) is 5.10 Å². The largest absolute Gasteiger partial charge is 0.326 e. The van der Waals surface area contributed by atoms with Crippen molar-refractivity contribution >= 4 is 23.5 Å². The average molecular weight is 253 g/mol. The van der Waals surface area contributed by atoms with Gasteiger partial charge in [-0.1, -0.05) is 30.3 Å². The van der Waals surface area contributed by atoms with Gasteiger partial charge < -0.3 is 5.32 Å². The van der Waals surface area contributed by atoms with Crippen LogP contribution in [0.2, 0.25) is 0 Å². The summed E-state index contributed by atoms with van der Waals surface area (Å²) in [5, 5.41) is 6.85. The van der Waals surface area contributed by atoms with E-state index in [-0.39, 0.29) is 5.91 Å². The van der Waals surface area contributed by atoms with Crippen molar-refractivity contribution in [1.82, 2.24) is 0 Å². The monoisotopic (exact) mass is 253 g/mol. The van der Waals surface area contributed by atoms with E-state index in [2.05, 4.69) is 15.8 Å². The molecule has 0 radical (unpaired) electrons. The molecule has 0 spiro atoms. The molecule has 0 heterocycles. The fourth-order valence-electron chi connectivity index (χ4n) is 1.55. The number of carbonyl (C=O) groups is 1. The average Bonchev–Trinajstić information content (AvgIpc) is 2.41. The molecule has 0 aliphatic carbocycles. The van der Waals surface area contributed by atoms with Crippen LogP contribution in [0.5, 0.6) is 0 Å². The van der Waals surface area contributed by atoms with Crippen LogP contribution < -0.4 is 10.7 Å². The van der Waals surface area contributed by atoms with Gasteiger partial charge >= 0.3 is 0 Å². The fourth-order valence-corrected chi connectivity index (χ4v) is 1.55. The highest BCUT2D eigenvalue weighted by Gasteiger charge is 1.94. The van der Waals surface area contributed by atoms with E-state index in [1.165, 1.54) is 6.92 Å². The van der Waals surface area contributed by atoms with Gasteiger partial charge in [-0.25, -0.2) is 0 Å². The Morgan fingerprint density at radius 2 is 1.68 bits per heavy atom. The second-order valence-electron chi connectivity index (χ2n) is 4.04. The predicted octanol–water partition coefficient (Wildman–Crippen LogP) is 3.09. The molecule has 0 saturated heterocycles. The maximum Gasteiger partial charge on any atom is 0.221 e. The third kappa shape index (κ3) is 4.27.